The molecule has 8 rings (SSSR count). The number of benzene rings is 4. The minimum absolute atomic E-state index is 0. The summed E-state index contributed by atoms with van der Waals surface area (Å²) in [4.78, 5) is 52.9. The van der Waals surface area contributed by atoms with E-state index in [0.29, 0.717) is 39.8 Å². The van der Waals surface area contributed by atoms with Crippen molar-refractivity contribution < 1.29 is 32.3 Å². The lowest BCUT2D eigenvalue weighted by atomic mass is 10.2. The van der Waals surface area contributed by atoms with E-state index in [1.54, 1.807) is 47.4 Å². The lowest BCUT2D eigenvalue weighted by molar-refractivity contribution is -0.137. The SMILES string of the molecule is C.C.Cl.Cl.Fc1ccc(CN2CCNCC2)cc1.O=C(Cn1c(=O)oc2cc(Cl)ccc21)N1CCN(Cc2ccc(F)cc2)CC1.O=C(O)Cn1c(=O)oc2cc(Cl)ccc21. The highest BCUT2D eigenvalue weighted by Crippen LogP contribution is 2.20. The van der Waals surface area contributed by atoms with Crippen LogP contribution in [0.4, 0.5) is 8.78 Å². The molecule has 6 aromatic rings. The molecular weight excluding hydrogens is 880 g/mol. The van der Waals surface area contributed by atoms with Gasteiger partial charge in [-0.2, -0.15) is 0 Å². The second kappa shape index (κ2) is 24.6. The van der Waals surface area contributed by atoms with Crippen molar-refractivity contribution in [2.45, 2.75) is 41.0 Å². The molecule has 2 saturated heterocycles. The van der Waals surface area contributed by atoms with E-state index in [2.05, 4.69) is 15.1 Å². The number of carbonyl (C=O) groups excluding carboxylic acids is 1. The van der Waals surface area contributed by atoms with Gasteiger partial charge >= 0.3 is 17.5 Å². The summed E-state index contributed by atoms with van der Waals surface area (Å²) < 4.78 is 38.0. The first-order valence-corrected chi connectivity index (χ1v) is 18.9. The highest BCUT2D eigenvalue weighted by atomic mass is 35.5. The van der Waals surface area contributed by atoms with Gasteiger partial charge in [0.1, 0.15) is 24.7 Å². The largest absolute Gasteiger partial charge is 0.480 e. The molecule has 2 N–H and O–H groups in total. The zero-order chi connectivity index (χ0) is 40.5. The van der Waals surface area contributed by atoms with E-state index in [1.807, 2.05) is 12.1 Å². The van der Waals surface area contributed by atoms with Gasteiger partial charge in [0, 0.05) is 87.6 Å². The number of nitrogens with zero attached hydrogens (tertiary/aromatic N) is 5. The average Bonchev–Trinajstić information content (AvgIpc) is 3.66. The molecule has 1 amide bonds. The van der Waals surface area contributed by atoms with Gasteiger partial charge in [0.2, 0.25) is 5.91 Å². The Bertz CT molecular complexity index is 2430. The van der Waals surface area contributed by atoms with Crippen LogP contribution in [0, 0.1) is 11.6 Å². The zero-order valence-corrected chi connectivity index (χ0v) is 34.7. The molecule has 4 heterocycles. The Morgan fingerprint density at radius 1 is 0.623 bits per heavy atom. The third kappa shape index (κ3) is 14.7. The number of carboxylic acid groups (broad SMARTS) is 1. The standard InChI is InChI=1S/C20H19ClFN3O3.C11H15FN2.C9H6ClNO4.2CH4.2ClH/c21-15-3-6-17-18(11-15)28-20(27)25(17)13-19(26)24-9-7-23(8-10-24)12-14-1-4-16(22)5-2-14;12-11-3-1-10(2-4-11)9-14-7-5-13-6-8-14;10-5-1-2-6-7(3-5)15-9(14)11(6)4-8(12)13;;;;/h1-6,11H,7-10,12-13H2;1-4,13H,5-9H2;1-3H,4H2,(H,12,13);2*1H4;2*1H. The first-order chi connectivity index (χ1) is 27.4. The predicted octanol–water partition coefficient (Wildman–Crippen LogP) is 7.41. The van der Waals surface area contributed by atoms with E-state index in [4.69, 9.17) is 37.1 Å². The van der Waals surface area contributed by atoms with Gasteiger partial charge in [0.15, 0.2) is 11.2 Å². The number of fused-ring (bicyclic) bond motifs is 2. The van der Waals surface area contributed by atoms with Crippen molar-refractivity contribution in [1.29, 1.82) is 0 Å². The third-order valence-electron chi connectivity index (χ3n) is 9.42. The average molecular weight is 931 g/mol. The Morgan fingerprint density at radius 3 is 1.46 bits per heavy atom. The first-order valence-electron chi connectivity index (χ1n) is 18.1. The van der Waals surface area contributed by atoms with Crippen molar-refractivity contribution in [2.75, 3.05) is 52.4 Å². The maximum atomic E-state index is 13.0. The van der Waals surface area contributed by atoms with Crippen LogP contribution in [-0.4, -0.2) is 93.2 Å². The van der Waals surface area contributed by atoms with Crippen molar-refractivity contribution in [3.8, 4) is 0 Å². The predicted molar refractivity (Wildman–Crippen MR) is 239 cm³/mol. The minimum atomic E-state index is -1.10. The molecule has 0 atom stereocenters. The summed E-state index contributed by atoms with van der Waals surface area (Å²) in [5.74, 6) is -2.90. The van der Waals surface area contributed by atoms with Crippen molar-refractivity contribution in [2.24, 2.45) is 0 Å². The Morgan fingerprint density at radius 2 is 1.03 bits per heavy atom. The van der Waals surface area contributed by atoms with E-state index in [0.717, 1.165) is 62.5 Å². The molecule has 0 spiro atoms. The van der Waals surface area contributed by atoms with Gasteiger partial charge < -0.3 is 24.2 Å². The van der Waals surface area contributed by atoms with Gasteiger partial charge in [-0.05, 0) is 59.7 Å². The number of hydrogen-bond acceptors (Lipinski definition) is 9. The quantitative estimate of drug-likeness (QED) is 0.158. The summed E-state index contributed by atoms with van der Waals surface area (Å²) in [6.45, 7) is 8.04. The number of halogens is 6. The molecule has 2 aliphatic heterocycles. The fraction of sp³-hybridized carbons (Fsp3) is 0.333. The molecule has 13 nitrogen and oxygen atoms in total. The minimum Gasteiger partial charge on any atom is -0.480 e. The topological polar surface area (TPSA) is 146 Å². The van der Waals surface area contributed by atoms with Crippen molar-refractivity contribution in [3.63, 3.8) is 0 Å². The molecule has 0 radical (unpaired) electrons. The van der Waals surface area contributed by atoms with Crippen LogP contribution >= 0.6 is 48.0 Å². The molecule has 2 fully saturated rings. The number of oxazole rings is 2. The van der Waals surface area contributed by atoms with Crippen LogP contribution in [-0.2, 0) is 35.8 Å². The molecule has 4 aromatic carbocycles. The van der Waals surface area contributed by atoms with Gasteiger partial charge in [-0.3, -0.25) is 28.5 Å². The Kier molecular flexibility index (Phi) is 21.2. The van der Waals surface area contributed by atoms with Gasteiger partial charge in [-0.15, -0.1) is 24.8 Å². The summed E-state index contributed by atoms with van der Waals surface area (Å²) in [5, 5.41) is 12.8. The Balaban J connectivity index is 0.000000332. The van der Waals surface area contributed by atoms with Crippen molar-refractivity contribution >= 4 is 82.1 Å². The molecule has 0 aliphatic carbocycles. The monoisotopic (exact) mass is 928 g/mol. The van der Waals surface area contributed by atoms with Crippen LogP contribution in [0.15, 0.2) is 103 Å². The summed E-state index contributed by atoms with van der Waals surface area (Å²) in [6.07, 6.45) is 0. The van der Waals surface area contributed by atoms with Crippen molar-refractivity contribution in [3.05, 3.63) is 139 Å². The summed E-state index contributed by atoms with van der Waals surface area (Å²) >= 11 is 11.6. The van der Waals surface area contributed by atoms with Gasteiger partial charge in [0.05, 0.1) is 11.0 Å². The highest BCUT2D eigenvalue weighted by Gasteiger charge is 2.23. The number of aliphatic carboxylic acids is 1. The van der Waals surface area contributed by atoms with Crippen LogP contribution in [0.2, 0.25) is 10.0 Å². The summed E-state index contributed by atoms with van der Waals surface area (Å²) in [5.41, 5.74) is 3.86. The Hall–Kier alpha value is -4.74. The van der Waals surface area contributed by atoms with Gasteiger partial charge in [-0.1, -0.05) is 62.3 Å². The number of hydrogen-bond donors (Lipinski definition) is 2. The molecule has 0 saturated carbocycles. The van der Waals surface area contributed by atoms with Crippen LogP contribution in [0.5, 0.6) is 0 Å². The third-order valence-corrected chi connectivity index (χ3v) is 9.89. The summed E-state index contributed by atoms with van der Waals surface area (Å²) in [6, 6.07) is 22.7. The van der Waals surface area contributed by atoms with E-state index in [9.17, 15) is 28.0 Å². The Labute approximate surface area is 374 Å². The normalized spacial score (nSPS) is 13.9. The molecule has 332 valence electrons. The number of aromatic nitrogens is 2. The summed E-state index contributed by atoms with van der Waals surface area (Å²) in [7, 11) is 0. The number of rotatable bonds is 8. The fourth-order valence-electron chi connectivity index (χ4n) is 6.47. The fourth-order valence-corrected chi connectivity index (χ4v) is 6.80. The molecule has 2 aromatic heterocycles. The maximum Gasteiger partial charge on any atom is 0.420 e. The highest BCUT2D eigenvalue weighted by molar-refractivity contribution is 6.31. The van der Waals surface area contributed by atoms with E-state index < -0.39 is 24.0 Å². The lowest BCUT2D eigenvalue weighted by Crippen LogP contribution is -2.49. The molecular formula is C42H50Cl4F2N6O7. The molecule has 0 bridgehead atoms. The number of amides is 1. The first kappa shape index (κ1) is 52.4. The van der Waals surface area contributed by atoms with Crippen LogP contribution in [0.3, 0.4) is 0 Å². The lowest BCUT2D eigenvalue weighted by Gasteiger charge is -2.34. The zero-order valence-electron chi connectivity index (χ0n) is 31.5. The van der Waals surface area contributed by atoms with E-state index >= 15 is 0 Å². The number of carboxylic acids is 1. The van der Waals surface area contributed by atoms with E-state index in [-0.39, 0.29) is 69.3 Å². The second-order valence-electron chi connectivity index (χ2n) is 13.5. The van der Waals surface area contributed by atoms with Gasteiger partial charge in [-0.25, -0.2) is 18.4 Å². The van der Waals surface area contributed by atoms with Gasteiger partial charge in [0.25, 0.3) is 0 Å². The molecule has 19 heteroatoms. The molecule has 0 unspecified atom stereocenters. The van der Waals surface area contributed by atoms with Crippen LogP contribution in [0.25, 0.3) is 22.2 Å². The van der Waals surface area contributed by atoms with Crippen molar-refractivity contribution in [1.82, 2.24) is 29.2 Å². The van der Waals surface area contributed by atoms with E-state index in [1.165, 1.54) is 40.5 Å². The molecule has 2 aliphatic rings. The van der Waals surface area contributed by atoms with Crippen LogP contribution in [0.1, 0.15) is 26.0 Å². The number of piperazine rings is 2. The van der Waals surface area contributed by atoms with Crippen LogP contribution < -0.4 is 16.8 Å². The number of carbonyl (C=O) groups is 2. The second-order valence-corrected chi connectivity index (χ2v) is 14.3. The molecule has 61 heavy (non-hydrogen) atoms. The maximum absolute atomic E-state index is 13.0. The number of nitrogens with one attached hydrogen (secondary N) is 1. The smallest absolute Gasteiger partial charge is 0.420 e.